The zero-order chi connectivity index (χ0) is 18.0. The summed E-state index contributed by atoms with van der Waals surface area (Å²) in [6.45, 7) is 0.786. The maximum absolute atomic E-state index is 14.1. The highest BCUT2D eigenvalue weighted by Crippen LogP contribution is 2.43. The van der Waals surface area contributed by atoms with Gasteiger partial charge in [-0.25, -0.2) is 0 Å². The number of halogens is 1. The molecule has 0 N–H and O–H groups in total. The van der Waals surface area contributed by atoms with E-state index in [2.05, 4.69) is 20.3 Å². The number of fused-ring (bicyclic) bond motifs is 6. The van der Waals surface area contributed by atoms with Crippen molar-refractivity contribution in [2.75, 3.05) is 18.2 Å². The molecule has 3 aliphatic heterocycles. The zero-order valence-electron chi connectivity index (χ0n) is 14.1. The fourth-order valence-electron chi connectivity index (χ4n) is 3.77. The van der Waals surface area contributed by atoms with Crippen molar-refractivity contribution >= 4 is 11.5 Å². The summed E-state index contributed by atoms with van der Waals surface area (Å²) >= 11 is 0. The minimum absolute atomic E-state index is 0.0917. The van der Waals surface area contributed by atoms with Crippen molar-refractivity contribution < 1.29 is 13.7 Å². The fourth-order valence-corrected chi connectivity index (χ4v) is 3.77. The second kappa shape index (κ2) is 5.36. The van der Waals surface area contributed by atoms with Gasteiger partial charge in [0.2, 0.25) is 11.6 Å². The van der Waals surface area contributed by atoms with Gasteiger partial charge in [-0.05, 0) is 25.0 Å². The topological polar surface area (TPSA) is 85.3 Å². The van der Waals surface area contributed by atoms with Crippen LogP contribution in [0, 0.1) is 0 Å². The van der Waals surface area contributed by atoms with Gasteiger partial charge < -0.3 is 14.2 Å². The van der Waals surface area contributed by atoms with Crippen LogP contribution < -0.4 is 4.90 Å². The van der Waals surface area contributed by atoms with Crippen molar-refractivity contribution in [3.05, 3.63) is 36.3 Å². The van der Waals surface area contributed by atoms with E-state index in [9.17, 15) is 4.48 Å². The SMILES string of the molecule is FN1C=C2N(C1)c1ccccc1-c1nnc(-c3nc(C4CCCO4)no3)n12. The lowest BCUT2D eigenvalue weighted by Crippen LogP contribution is -2.28. The van der Waals surface area contributed by atoms with E-state index in [1.807, 2.05) is 29.2 Å². The number of rotatable bonds is 2. The number of hydrogen-bond donors (Lipinski definition) is 0. The molecule has 1 atom stereocenters. The standard InChI is InChI=1S/C17H14FN7O2/c18-23-8-13-24(9-23)11-5-2-1-4-10(11)15-20-21-16(25(13)15)17-19-14(22-27-17)12-6-3-7-26-12/h1-2,4-5,8,12H,3,6-7,9H2. The Hall–Kier alpha value is -3.27. The molecule has 5 heterocycles. The van der Waals surface area contributed by atoms with E-state index < -0.39 is 0 Å². The summed E-state index contributed by atoms with van der Waals surface area (Å²) in [4.78, 5) is 6.31. The number of nitrogens with zero attached hydrogens (tertiary/aromatic N) is 7. The summed E-state index contributed by atoms with van der Waals surface area (Å²) in [6.07, 6.45) is 3.08. The fraction of sp³-hybridized carbons (Fsp3) is 0.294. The highest BCUT2D eigenvalue weighted by Gasteiger charge is 2.37. The quantitative estimate of drug-likeness (QED) is 0.639. The minimum Gasteiger partial charge on any atom is -0.370 e. The molecule has 3 aromatic rings. The molecule has 0 bridgehead atoms. The summed E-state index contributed by atoms with van der Waals surface area (Å²) in [6, 6.07) is 7.69. The molecular formula is C17H14FN7O2. The molecule has 1 saturated heterocycles. The van der Waals surface area contributed by atoms with Gasteiger partial charge in [-0.15, -0.1) is 10.2 Å². The summed E-state index contributed by atoms with van der Waals surface area (Å²) < 4.78 is 26.8. The predicted molar refractivity (Wildman–Crippen MR) is 91.2 cm³/mol. The summed E-state index contributed by atoms with van der Waals surface area (Å²) in [5.41, 5.74) is 1.74. The summed E-state index contributed by atoms with van der Waals surface area (Å²) in [7, 11) is 0. The maximum atomic E-state index is 14.1. The molecule has 0 amide bonds. The van der Waals surface area contributed by atoms with E-state index in [0.717, 1.165) is 24.1 Å². The number of benzene rings is 1. The van der Waals surface area contributed by atoms with Crippen LogP contribution in [0.25, 0.3) is 28.9 Å². The largest absolute Gasteiger partial charge is 0.370 e. The Morgan fingerprint density at radius 1 is 1.15 bits per heavy atom. The second-order valence-corrected chi connectivity index (χ2v) is 6.62. The van der Waals surface area contributed by atoms with Gasteiger partial charge in [0.1, 0.15) is 18.6 Å². The second-order valence-electron chi connectivity index (χ2n) is 6.62. The Labute approximate surface area is 152 Å². The molecule has 1 aromatic carbocycles. The molecule has 1 unspecified atom stereocenters. The van der Waals surface area contributed by atoms with Crippen LogP contribution in [0.5, 0.6) is 0 Å². The van der Waals surface area contributed by atoms with Crippen molar-refractivity contribution in [1.82, 2.24) is 30.0 Å². The molecule has 10 heteroatoms. The average molecular weight is 367 g/mol. The first-order chi connectivity index (χ1) is 13.3. The molecule has 136 valence electrons. The molecule has 27 heavy (non-hydrogen) atoms. The third kappa shape index (κ3) is 2.07. The van der Waals surface area contributed by atoms with Gasteiger partial charge in [-0.3, -0.25) is 4.57 Å². The molecule has 9 nitrogen and oxygen atoms in total. The van der Waals surface area contributed by atoms with Crippen molar-refractivity contribution in [2.24, 2.45) is 0 Å². The van der Waals surface area contributed by atoms with E-state index in [1.165, 1.54) is 6.20 Å². The van der Waals surface area contributed by atoms with E-state index in [1.54, 1.807) is 4.57 Å². The van der Waals surface area contributed by atoms with Crippen LogP contribution in [0.2, 0.25) is 0 Å². The van der Waals surface area contributed by atoms with Gasteiger partial charge in [-0.2, -0.15) is 10.1 Å². The normalized spacial score (nSPS) is 20.5. The van der Waals surface area contributed by atoms with Crippen LogP contribution in [0.4, 0.5) is 10.2 Å². The highest BCUT2D eigenvalue weighted by molar-refractivity contribution is 5.89. The number of para-hydroxylation sites is 1. The minimum atomic E-state index is -0.157. The molecule has 0 radical (unpaired) electrons. The Morgan fingerprint density at radius 3 is 2.93 bits per heavy atom. The number of aromatic nitrogens is 5. The third-order valence-corrected chi connectivity index (χ3v) is 4.99. The molecule has 0 aliphatic carbocycles. The van der Waals surface area contributed by atoms with E-state index >= 15 is 0 Å². The van der Waals surface area contributed by atoms with E-state index in [-0.39, 0.29) is 18.7 Å². The van der Waals surface area contributed by atoms with Crippen LogP contribution in [-0.2, 0) is 4.74 Å². The van der Waals surface area contributed by atoms with Gasteiger partial charge in [0, 0.05) is 12.2 Å². The Balaban J connectivity index is 1.51. The first kappa shape index (κ1) is 14.9. The molecule has 2 aromatic heterocycles. The number of ether oxygens (including phenoxy) is 1. The van der Waals surface area contributed by atoms with Crippen LogP contribution in [0.15, 0.2) is 35.0 Å². The highest BCUT2D eigenvalue weighted by atomic mass is 19.2. The zero-order valence-corrected chi connectivity index (χ0v) is 14.1. The van der Waals surface area contributed by atoms with Crippen molar-refractivity contribution in [3.63, 3.8) is 0 Å². The first-order valence-corrected chi connectivity index (χ1v) is 8.72. The van der Waals surface area contributed by atoms with E-state index in [0.29, 0.717) is 35.0 Å². The molecule has 3 aliphatic rings. The van der Waals surface area contributed by atoms with E-state index in [4.69, 9.17) is 9.26 Å². The van der Waals surface area contributed by atoms with Gasteiger partial charge >= 0.3 is 0 Å². The monoisotopic (exact) mass is 367 g/mol. The van der Waals surface area contributed by atoms with Crippen LogP contribution in [0.3, 0.4) is 0 Å². The third-order valence-electron chi connectivity index (χ3n) is 4.99. The maximum Gasteiger partial charge on any atom is 0.296 e. The van der Waals surface area contributed by atoms with Crippen LogP contribution in [-0.4, -0.2) is 43.3 Å². The van der Waals surface area contributed by atoms with Gasteiger partial charge in [0.05, 0.1) is 11.9 Å². The van der Waals surface area contributed by atoms with Crippen molar-refractivity contribution in [3.8, 4) is 23.1 Å². The smallest absolute Gasteiger partial charge is 0.296 e. The number of hydrogen-bond acceptors (Lipinski definition) is 8. The average Bonchev–Trinajstić information content (AvgIpc) is 3.44. The van der Waals surface area contributed by atoms with Crippen molar-refractivity contribution in [2.45, 2.75) is 18.9 Å². The Morgan fingerprint density at radius 2 is 2.04 bits per heavy atom. The van der Waals surface area contributed by atoms with Gasteiger partial charge in [0.25, 0.3) is 5.89 Å². The first-order valence-electron chi connectivity index (χ1n) is 8.72. The molecule has 1 fully saturated rings. The van der Waals surface area contributed by atoms with Crippen molar-refractivity contribution in [1.29, 1.82) is 0 Å². The van der Waals surface area contributed by atoms with Gasteiger partial charge in [-0.1, -0.05) is 21.8 Å². The lowest BCUT2D eigenvalue weighted by atomic mass is 10.1. The Kier molecular flexibility index (Phi) is 2.95. The predicted octanol–water partition coefficient (Wildman–Crippen LogP) is 2.58. The molecule has 0 saturated carbocycles. The van der Waals surface area contributed by atoms with Crippen LogP contribution in [0.1, 0.15) is 24.8 Å². The molecular weight excluding hydrogens is 353 g/mol. The lowest BCUT2D eigenvalue weighted by molar-refractivity contribution is 0.103. The summed E-state index contributed by atoms with van der Waals surface area (Å²) in [5.74, 6) is 2.32. The lowest BCUT2D eigenvalue weighted by Gasteiger charge is -2.29. The number of anilines is 1. The summed E-state index contributed by atoms with van der Waals surface area (Å²) in [5, 5.41) is 13.2. The van der Waals surface area contributed by atoms with Gasteiger partial charge in [0.15, 0.2) is 5.82 Å². The van der Waals surface area contributed by atoms with Crippen LogP contribution >= 0.6 is 0 Å². The molecule has 0 spiro atoms. The molecule has 6 rings (SSSR count). The Bertz CT molecular complexity index is 1070.